The summed E-state index contributed by atoms with van der Waals surface area (Å²) < 4.78 is 5.41. The molecule has 1 fully saturated rings. The van der Waals surface area contributed by atoms with Crippen LogP contribution in [0, 0.1) is 0 Å². The van der Waals surface area contributed by atoms with Gasteiger partial charge < -0.3 is 9.64 Å². The smallest absolute Gasteiger partial charge is 0.323 e. The Hall–Kier alpha value is -2.08. The molecular formula is C16H19N3O2S. The van der Waals surface area contributed by atoms with E-state index in [1.54, 1.807) is 13.3 Å². The molecule has 22 heavy (non-hydrogen) atoms. The Kier molecular flexibility index (Phi) is 4.58. The van der Waals surface area contributed by atoms with Crippen LogP contribution in [-0.2, 0) is 6.42 Å². The van der Waals surface area contributed by atoms with Crippen molar-refractivity contribution in [2.45, 2.75) is 25.3 Å². The molecule has 1 aromatic carbocycles. The average Bonchev–Trinajstić information content (AvgIpc) is 3.19. The van der Waals surface area contributed by atoms with Crippen molar-refractivity contribution >= 4 is 22.5 Å². The van der Waals surface area contributed by atoms with Crippen LogP contribution in [0.4, 0.5) is 9.93 Å². The third-order valence-corrected chi connectivity index (χ3v) is 4.62. The predicted octanol–water partition coefficient (Wildman–Crippen LogP) is 3.39. The van der Waals surface area contributed by atoms with Gasteiger partial charge in [0.15, 0.2) is 5.13 Å². The maximum absolute atomic E-state index is 12.4. The van der Waals surface area contributed by atoms with Crippen molar-refractivity contribution in [3.05, 3.63) is 41.4 Å². The highest BCUT2D eigenvalue weighted by Crippen LogP contribution is 2.26. The Labute approximate surface area is 133 Å². The highest BCUT2D eigenvalue weighted by atomic mass is 32.1. The van der Waals surface area contributed by atoms with Crippen LogP contribution in [0.5, 0.6) is 5.75 Å². The van der Waals surface area contributed by atoms with E-state index < -0.39 is 0 Å². The fourth-order valence-corrected chi connectivity index (χ4v) is 3.41. The minimum Gasteiger partial charge on any atom is -0.496 e. The van der Waals surface area contributed by atoms with E-state index in [2.05, 4.69) is 16.4 Å². The molecule has 0 radical (unpaired) electrons. The topological polar surface area (TPSA) is 54.5 Å². The van der Waals surface area contributed by atoms with Crippen molar-refractivity contribution in [3.63, 3.8) is 0 Å². The minimum atomic E-state index is -0.0626. The van der Waals surface area contributed by atoms with Crippen molar-refractivity contribution in [2.75, 3.05) is 19.0 Å². The first kappa shape index (κ1) is 14.8. The molecule has 1 atom stereocenters. The van der Waals surface area contributed by atoms with Crippen LogP contribution in [0.15, 0.2) is 35.8 Å². The van der Waals surface area contributed by atoms with Gasteiger partial charge in [0.1, 0.15) is 5.75 Å². The van der Waals surface area contributed by atoms with Gasteiger partial charge in [-0.25, -0.2) is 9.78 Å². The lowest BCUT2D eigenvalue weighted by molar-refractivity contribution is 0.206. The van der Waals surface area contributed by atoms with Gasteiger partial charge in [0.25, 0.3) is 0 Å². The average molecular weight is 317 g/mol. The molecule has 1 unspecified atom stereocenters. The zero-order valence-corrected chi connectivity index (χ0v) is 13.3. The summed E-state index contributed by atoms with van der Waals surface area (Å²) in [6.07, 6.45) is 4.56. The molecule has 0 aliphatic carbocycles. The van der Waals surface area contributed by atoms with E-state index >= 15 is 0 Å². The van der Waals surface area contributed by atoms with Crippen LogP contribution >= 0.6 is 11.3 Å². The van der Waals surface area contributed by atoms with Gasteiger partial charge in [-0.15, -0.1) is 11.3 Å². The van der Waals surface area contributed by atoms with E-state index in [1.807, 2.05) is 28.5 Å². The number of para-hydroxylation sites is 1. The second-order valence-corrected chi connectivity index (χ2v) is 6.17. The highest BCUT2D eigenvalue weighted by molar-refractivity contribution is 7.13. The number of carbonyl (C=O) groups is 1. The molecule has 5 nitrogen and oxygen atoms in total. The number of thiazole rings is 1. The number of urea groups is 1. The fraction of sp³-hybridized carbons (Fsp3) is 0.375. The molecule has 1 N–H and O–H groups in total. The fourth-order valence-electron chi connectivity index (χ4n) is 2.89. The van der Waals surface area contributed by atoms with Gasteiger partial charge in [0, 0.05) is 24.2 Å². The molecule has 0 bridgehead atoms. The summed E-state index contributed by atoms with van der Waals surface area (Å²) in [6, 6.07) is 8.14. The quantitative estimate of drug-likeness (QED) is 0.940. The summed E-state index contributed by atoms with van der Waals surface area (Å²) in [7, 11) is 1.68. The van der Waals surface area contributed by atoms with Gasteiger partial charge in [-0.3, -0.25) is 5.32 Å². The maximum atomic E-state index is 12.4. The zero-order valence-electron chi connectivity index (χ0n) is 12.5. The Morgan fingerprint density at radius 3 is 3.14 bits per heavy atom. The van der Waals surface area contributed by atoms with Crippen molar-refractivity contribution in [1.82, 2.24) is 9.88 Å². The van der Waals surface area contributed by atoms with Crippen molar-refractivity contribution in [2.24, 2.45) is 0 Å². The van der Waals surface area contributed by atoms with Crippen LogP contribution in [0.2, 0.25) is 0 Å². The van der Waals surface area contributed by atoms with Gasteiger partial charge in [0.2, 0.25) is 0 Å². The van der Waals surface area contributed by atoms with Gasteiger partial charge in [-0.05, 0) is 30.9 Å². The van der Waals surface area contributed by atoms with E-state index in [1.165, 1.54) is 11.3 Å². The Morgan fingerprint density at radius 1 is 1.50 bits per heavy atom. The molecule has 0 spiro atoms. The highest BCUT2D eigenvalue weighted by Gasteiger charge is 2.29. The number of anilines is 1. The van der Waals surface area contributed by atoms with Crippen LogP contribution in [-0.4, -0.2) is 35.6 Å². The first-order chi connectivity index (χ1) is 10.8. The van der Waals surface area contributed by atoms with Crippen LogP contribution in [0.3, 0.4) is 0 Å². The standard InChI is InChI=1S/C16H19N3O2S/c1-21-14-7-3-2-5-12(14)11-13-6-4-9-19(13)16(20)18-15-17-8-10-22-15/h2-3,5,7-8,10,13H,4,6,9,11H2,1H3,(H,17,18,20). The van der Waals surface area contributed by atoms with Crippen LogP contribution in [0.1, 0.15) is 18.4 Å². The second kappa shape index (κ2) is 6.79. The number of hydrogen-bond donors (Lipinski definition) is 1. The van der Waals surface area contributed by atoms with Gasteiger partial charge >= 0.3 is 6.03 Å². The lowest BCUT2D eigenvalue weighted by atomic mass is 10.0. The lowest BCUT2D eigenvalue weighted by Gasteiger charge is -2.25. The molecule has 116 valence electrons. The number of likely N-dealkylation sites (tertiary alicyclic amines) is 1. The van der Waals surface area contributed by atoms with Crippen LogP contribution in [0.25, 0.3) is 0 Å². The molecule has 1 saturated heterocycles. The van der Waals surface area contributed by atoms with Crippen molar-refractivity contribution in [1.29, 1.82) is 0 Å². The monoisotopic (exact) mass is 317 g/mol. The van der Waals surface area contributed by atoms with Gasteiger partial charge in [-0.2, -0.15) is 0 Å². The van der Waals surface area contributed by atoms with E-state index in [4.69, 9.17) is 4.74 Å². The molecule has 2 amide bonds. The lowest BCUT2D eigenvalue weighted by Crippen LogP contribution is -2.39. The molecule has 1 aliphatic heterocycles. The summed E-state index contributed by atoms with van der Waals surface area (Å²) >= 11 is 1.43. The summed E-state index contributed by atoms with van der Waals surface area (Å²) in [4.78, 5) is 18.4. The number of methoxy groups -OCH3 is 1. The van der Waals surface area contributed by atoms with E-state index in [0.717, 1.165) is 37.1 Å². The van der Waals surface area contributed by atoms with E-state index in [0.29, 0.717) is 5.13 Å². The maximum Gasteiger partial charge on any atom is 0.323 e. The largest absolute Gasteiger partial charge is 0.496 e. The third-order valence-electron chi connectivity index (χ3n) is 3.93. The zero-order chi connectivity index (χ0) is 15.4. The van der Waals surface area contributed by atoms with Crippen molar-refractivity contribution in [3.8, 4) is 5.75 Å². The molecule has 1 aliphatic rings. The van der Waals surface area contributed by atoms with Crippen LogP contribution < -0.4 is 10.1 Å². The minimum absolute atomic E-state index is 0.0626. The first-order valence-corrected chi connectivity index (χ1v) is 8.25. The molecule has 6 heteroatoms. The molecule has 0 saturated carbocycles. The number of rotatable bonds is 4. The number of nitrogens with zero attached hydrogens (tertiary/aromatic N) is 2. The second-order valence-electron chi connectivity index (χ2n) is 5.27. The number of amides is 2. The normalized spacial score (nSPS) is 17.5. The number of ether oxygens (including phenoxy) is 1. The summed E-state index contributed by atoms with van der Waals surface area (Å²) in [5.74, 6) is 0.884. The Balaban J connectivity index is 1.69. The predicted molar refractivity (Wildman–Crippen MR) is 87.6 cm³/mol. The summed E-state index contributed by atoms with van der Waals surface area (Å²) in [5.41, 5.74) is 1.14. The molecule has 1 aromatic heterocycles. The van der Waals surface area contributed by atoms with Gasteiger partial charge in [-0.1, -0.05) is 18.2 Å². The van der Waals surface area contributed by atoms with E-state index in [9.17, 15) is 4.79 Å². The Bertz CT molecular complexity index is 630. The number of benzene rings is 1. The van der Waals surface area contributed by atoms with Crippen molar-refractivity contribution < 1.29 is 9.53 Å². The first-order valence-electron chi connectivity index (χ1n) is 7.37. The molecule has 3 rings (SSSR count). The number of carbonyl (C=O) groups excluding carboxylic acids is 1. The van der Waals surface area contributed by atoms with E-state index in [-0.39, 0.29) is 12.1 Å². The molecule has 2 aromatic rings. The SMILES string of the molecule is COc1ccccc1CC1CCCN1C(=O)Nc1nccs1. The molecular weight excluding hydrogens is 298 g/mol. The summed E-state index contributed by atoms with van der Waals surface area (Å²) in [6.45, 7) is 0.789. The van der Waals surface area contributed by atoms with Gasteiger partial charge in [0.05, 0.1) is 7.11 Å². The third kappa shape index (κ3) is 3.22. The molecule has 2 heterocycles. The Morgan fingerprint density at radius 2 is 2.36 bits per heavy atom. The summed E-state index contributed by atoms with van der Waals surface area (Å²) in [5, 5.41) is 5.37. The number of nitrogens with one attached hydrogen (secondary N) is 1. The number of aromatic nitrogens is 1. The number of hydrogen-bond acceptors (Lipinski definition) is 4.